The first kappa shape index (κ1) is 22.8. The topological polar surface area (TPSA) is 87.2 Å². The van der Waals surface area contributed by atoms with E-state index in [-0.39, 0.29) is 5.56 Å². The molecule has 0 saturated carbocycles. The molecule has 0 bridgehead atoms. The van der Waals surface area contributed by atoms with E-state index in [1.807, 2.05) is 24.3 Å². The highest BCUT2D eigenvalue weighted by atomic mass is 32.2. The summed E-state index contributed by atoms with van der Waals surface area (Å²) in [4.78, 5) is 13.8. The monoisotopic (exact) mass is 496 g/mol. The van der Waals surface area contributed by atoms with Gasteiger partial charge < -0.3 is 9.84 Å². The smallest absolute Gasteiger partial charge is 0.335 e. The quantitative estimate of drug-likeness (QED) is 0.579. The molecule has 0 atom stereocenters. The van der Waals surface area contributed by atoms with Gasteiger partial charge in [-0.3, -0.25) is 4.90 Å². The maximum absolute atomic E-state index is 12.8. The Morgan fingerprint density at radius 3 is 2.56 bits per heavy atom. The summed E-state index contributed by atoms with van der Waals surface area (Å²) >= 11 is 1.24. The van der Waals surface area contributed by atoms with E-state index in [1.54, 1.807) is 40.0 Å². The Labute approximate surface area is 202 Å². The summed E-state index contributed by atoms with van der Waals surface area (Å²) in [5, 5.41) is 11.3. The number of piperazine rings is 1. The van der Waals surface area contributed by atoms with E-state index in [1.165, 1.54) is 11.3 Å². The van der Waals surface area contributed by atoms with Crippen LogP contribution < -0.4 is 4.74 Å². The number of carbonyl (C=O) groups is 1. The first-order chi connectivity index (χ1) is 16.4. The highest BCUT2D eigenvalue weighted by Crippen LogP contribution is 2.37. The van der Waals surface area contributed by atoms with Crippen LogP contribution in [0.3, 0.4) is 0 Å². The number of carboxylic acid groups (broad SMARTS) is 1. The summed E-state index contributed by atoms with van der Waals surface area (Å²) in [7, 11) is -3.44. The van der Waals surface area contributed by atoms with Crippen LogP contribution >= 0.6 is 11.3 Å². The fraction of sp³-hybridized carbons (Fsp3) is 0.240. The van der Waals surface area contributed by atoms with Crippen molar-refractivity contribution < 1.29 is 23.1 Å². The van der Waals surface area contributed by atoms with Crippen LogP contribution in [0, 0.1) is 0 Å². The zero-order chi connectivity index (χ0) is 23.7. The molecule has 2 aliphatic heterocycles. The van der Waals surface area contributed by atoms with Gasteiger partial charge >= 0.3 is 5.97 Å². The molecule has 7 nitrogen and oxygen atoms in total. The fourth-order valence-electron chi connectivity index (χ4n) is 4.34. The molecule has 9 heteroatoms. The summed E-state index contributed by atoms with van der Waals surface area (Å²) in [5.74, 6) is -0.331. The first-order valence-corrected chi connectivity index (χ1v) is 13.3. The van der Waals surface area contributed by atoms with E-state index in [2.05, 4.69) is 11.0 Å². The van der Waals surface area contributed by atoms with E-state index in [4.69, 9.17) is 4.74 Å². The summed E-state index contributed by atoms with van der Waals surface area (Å²) in [6.45, 7) is 3.13. The molecule has 0 aliphatic carbocycles. The zero-order valence-electron chi connectivity index (χ0n) is 18.4. The van der Waals surface area contributed by atoms with Gasteiger partial charge in [0.15, 0.2) is 0 Å². The number of carboxylic acids is 1. The number of nitrogens with zero attached hydrogens (tertiary/aromatic N) is 2. The predicted molar refractivity (Wildman–Crippen MR) is 131 cm³/mol. The third-order valence-corrected chi connectivity index (χ3v) is 9.45. The maximum Gasteiger partial charge on any atom is 0.335 e. The number of benzene rings is 2. The molecule has 2 aromatic carbocycles. The predicted octanol–water partition coefficient (Wildman–Crippen LogP) is 3.78. The highest BCUT2D eigenvalue weighted by molar-refractivity contribution is 7.91. The second-order valence-electron chi connectivity index (χ2n) is 8.22. The van der Waals surface area contributed by atoms with E-state index >= 15 is 0 Å². The van der Waals surface area contributed by atoms with Crippen molar-refractivity contribution in [3.05, 3.63) is 88.3 Å². The Hall–Kier alpha value is -2.98. The summed E-state index contributed by atoms with van der Waals surface area (Å²) in [6.07, 6.45) is 2.10. The van der Waals surface area contributed by atoms with Gasteiger partial charge in [-0.05, 0) is 46.3 Å². The summed E-state index contributed by atoms with van der Waals surface area (Å²) in [6, 6.07) is 16.3. The average Bonchev–Trinajstić information content (AvgIpc) is 3.35. The fourth-order valence-corrected chi connectivity index (χ4v) is 6.91. The lowest BCUT2D eigenvalue weighted by molar-refractivity contribution is 0.0696. The molecule has 1 saturated heterocycles. The number of thiophene rings is 1. The van der Waals surface area contributed by atoms with Gasteiger partial charge in [0, 0.05) is 38.3 Å². The van der Waals surface area contributed by atoms with Crippen molar-refractivity contribution >= 4 is 32.9 Å². The van der Waals surface area contributed by atoms with Crippen LogP contribution in [0.25, 0.3) is 5.57 Å². The minimum Gasteiger partial charge on any atom is -0.488 e. The van der Waals surface area contributed by atoms with Crippen molar-refractivity contribution in [2.24, 2.45) is 0 Å². The SMILES string of the molecule is O=C(O)c1ccc2c(c1)/C(=C/CN1CCN(S(=O)(=O)c3cccs3)CC1)c1ccccc1CO2. The molecule has 1 N–H and O–H groups in total. The second kappa shape index (κ2) is 9.34. The molecule has 0 spiro atoms. The number of aromatic carboxylic acids is 1. The molecule has 2 aliphatic rings. The van der Waals surface area contributed by atoms with Crippen LogP contribution in [0.15, 0.2) is 70.3 Å². The van der Waals surface area contributed by atoms with Gasteiger partial charge in [0.05, 0.1) is 5.56 Å². The Morgan fingerprint density at radius 1 is 1.03 bits per heavy atom. The zero-order valence-corrected chi connectivity index (χ0v) is 20.0. The maximum atomic E-state index is 12.8. The van der Waals surface area contributed by atoms with Gasteiger partial charge in [-0.25, -0.2) is 13.2 Å². The molecule has 3 heterocycles. The van der Waals surface area contributed by atoms with Gasteiger partial charge in [-0.2, -0.15) is 4.31 Å². The van der Waals surface area contributed by atoms with E-state index in [0.29, 0.717) is 49.3 Å². The Bertz CT molecular complexity index is 1340. The van der Waals surface area contributed by atoms with Crippen LogP contribution in [0.2, 0.25) is 0 Å². The van der Waals surface area contributed by atoms with Crippen LogP contribution in [0.5, 0.6) is 5.75 Å². The molecule has 176 valence electrons. The summed E-state index contributed by atoms with van der Waals surface area (Å²) in [5.41, 5.74) is 3.94. The first-order valence-electron chi connectivity index (χ1n) is 11.0. The van der Waals surface area contributed by atoms with Crippen molar-refractivity contribution in [3.8, 4) is 5.75 Å². The van der Waals surface area contributed by atoms with E-state index in [9.17, 15) is 18.3 Å². The van der Waals surface area contributed by atoms with Gasteiger partial charge in [0.25, 0.3) is 10.0 Å². The van der Waals surface area contributed by atoms with Crippen LogP contribution in [0.4, 0.5) is 0 Å². The summed E-state index contributed by atoms with van der Waals surface area (Å²) < 4.78 is 33.5. The molecule has 0 amide bonds. The van der Waals surface area contributed by atoms with Gasteiger partial charge in [0.1, 0.15) is 16.6 Å². The largest absolute Gasteiger partial charge is 0.488 e. The standard InChI is InChI=1S/C25H24N2O5S2/c28-25(29)18-7-8-23-22(16-18)21(20-5-2-1-4-19(20)17-32-23)9-10-26-11-13-27(14-12-26)34(30,31)24-6-3-15-33-24/h1-9,15-16H,10-14,17H2,(H,28,29)/b21-9+. The van der Waals surface area contributed by atoms with Crippen molar-refractivity contribution in [1.82, 2.24) is 9.21 Å². The number of ether oxygens (including phenoxy) is 1. The normalized spacial score (nSPS) is 18.1. The van der Waals surface area contributed by atoms with Crippen molar-refractivity contribution in [3.63, 3.8) is 0 Å². The Morgan fingerprint density at radius 2 is 1.82 bits per heavy atom. The molecule has 0 radical (unpaired) electrons. The van der Waals surface area contributed by atoms with Crippen molar-refractivity contribution in [2.75, 3.05) is 32.7 Å². The molecule has 5 rings (SSSR count). The van der Waals surface area contributed by atoms with E-state index in [0.717, 1.165) is 22.3 Å². The van der Waals surface area contributed by atoms with Crippen molar-refractivity contribution in [2.45, 2.75) is 10.8 Å². The number of rotatable bonds is 5. The van der Waals surface area contributed by atoms with Crippen LogP contribution in [-0.2, 0) is 16.6 Å². The third-order valence-electron chi connectivity index (χ3n) is 6.18. The molecule has 1 fully saturated rings. The third kappa shape index (κ3) is 4.39. The Balaban J connectivity index is 1.40. The number of hydrogen-bond donors (Lipinski definition) is 1. The van der Waals surface area contributed by atoms with Crippen LogP contribution in [-0.4, -0.2) is 61.4 Å². The molecule has 1 aromatic heterocycles. The molecular formula is C25H24N2O5S2. The molecule has 3 aromatic rings. The van der Waals surface area contributed by atoms with Crippen molar-refractivity contribution in [1.29, 1.82) is 0 Å². The molecular weight excluding hydrogens is 472 g/mol. The van der Waals surface area contributed by atoms with E-state index < -0.39 is 16.0 Å². The average molecular weight is 497 g/mol. The highest BCUT2D eigenvalue weighted by Gasteiger charge is 2.29. The van der Waals surface area contributed by atoms with Gasteiger partial charge in [0.2, 0.25) is 0 Å². The minimum absolute atomic E-state index is 0.208. The lowest BCUT2D eigenvalue weighted by atomic mass is 9.93. The molecule has 0 unspecified atom stereocenters. The van der Waals surface area contributed by atoms with Gasteiger partial charge in [-0.1, -0.05) is 36.4 Å². The number of fused-ring (bicyclic) bond motifs is 2. The lowest BCUT2D eigenvalue weighted by Crippen LogP contribution is -2.48. The molecule has 34 heavy (non-hydrogen) atoms. The second-order valence-corrected chi connectivity index (χ2v) is 11.3. The Kier molecular flexibility index (Phi) is 6.26. The number of hydrogen-bond acceptors (Lipinski definition) is 6. The lowest BCUT2D eigenvalue weighted by Gasteiger charge is -2.33. The van der Waals surface area contributed by atoms with Crippen LogP contribution in [0.1, 0.15) is 27.0 Å². The number of sulfonamides is 1. The van der Waals surface area contributed by atoms with Gasteiger partial charge in [-0.15, -0.1) is 11.3 Å². The minimum atomic E-state index is -3.44.